The van der Waals surface area contributed by atoms with Crippen LogP contribution in [0.2, 0.25) is 0 Å². The second kappa shape index (κ2) is 5.92. The molecule has 4 atom stereocenters. The van der Waals surface area contributed by atoms with Gasteiger partial charge in [0.15, 0.2) is 0 Å². The Balaban J connectivity index is 1.57. The first-order valence-electron chi connectivity index (χ1n) is 8.31. The van der Waals surface area contributed by atoms with Crippen molar-refractivity contribution < 1.29 is 0 Å². The van der Waals surface area contributed by atoms with E-state index in [9.17, 15) is 0 Å². The molecule has 0 spiro atoms. The van der Waals surface area contributed by atoms with Crippen molar-refractivity contribution in [2.24, 2.45) is 17.8 Å². The third-order valence-corrected chi connectivity index (χ3v) is 5.57. The highest BCUT2D eigenvalue weighted by molar-refractivity contribution is 4.95. The van der Waals surface area contributed by atoms with Crippen LogP contribution < -0.4 is 5.32 Å². The first-order valence-corrected chi connectivity index (χ1v) is 8.31. The molecule has 1 heterocycles. The molecule has 1 aliphatic heterocycles. The van der Waals surface area contributed by atoms with Gasteiger partial charge in [0.05, 0.1) is 0 Å². The minimum absolute atomic E-state index is 0.921. The predicted octanol–water partition coefficient (Wildman–Crippen LogP) is 2.89. The molecule has 0 aromatic rings. The van der Waals surface area contributed by atoms with Crippen LogP contribution >= 0.6 is 0 Å². The third kappa shape index (κ3) is 2.75. The van der Waals surface area contributed by atoms with E-state index in [-0.39, 0.29) is 0 Å². The number of nitrogens with one attached hydrogen (secondary N) is 1. The molecule has 0 aromatic carbocycles. The Morgan fingerprint density at radius 3 is 2.72 bits per heavy atom. The second-order valence-electron chi connectivity index (χ2n) is 6.95. The zero-order chi connectivity index (χ0) is 12.4. The van der Waals surface area contributed by atoms with Crippen LogP contribution in [0.25, 0.3) is 0 Å². The summed E-state index contributed by atoms with van der Waals surface area (Å²) in [6, 6.07) is 0.950. The van der Waals surface area contributed by atoms with Crippen molar-refractivity contribution in [2.75, 3.05) is 26.2 Å². The van der Waals surface area contributed by atoms with E-state index < -0.39 is 0 Å². The second-order valence-corrected chi connectivity index (χ2v) is 6.95. The summed E-state index contributed by atoms with van der Waals surface area (Å²) in [4.78, 5) is 2.88. The summed E-state index contributed by atoms with van der Waals surface area (Å²) in [7, 11) is 0. The van der Waals surface area contributed by atoms with Gasteiger partial charge in [0.2, 0.25) is 0 Å². The minimum Gasteiger partial charge on any atom is -0.316 e. The van der Waals surface area contributed by atoms with Gasteiger partial charge in [-0.15, -0.1) is 0 Å². The summed E-state index contributed by atoms with van der Waals surface area (Å²) in [6.07, 6.45) is 10.3. The number of hydrogen-bond acceptors (Lipinski definition) is 2. The van der Waals surface area contributed by atoms with E-state index in [1.165, 1.54) is 64.7 Å². The standard InChI is InChI=1S/C16H30N2/c1-2-8-18(12-14-4-3-7-17-11-14)16-10-13-5-6-15(16)9-13/h13-17H,2-12H2,1H3. The SMILES string of the molecule is CCCN(CC1CCCNC1)C1CC2CCC1C2. The van der Waals surface area contributed by atoms with Crippen molar-refractivity contribution in [2.45, 2.75) is 57.9 Å². The van der Waals surface area contributed by atoms with Gasteiger partial charge in [-0.1, -0.05) is 13.3 Å². The van der Waals surface area contributed by atoms with Crippen LogP contribution in [0.3, 0.4) is 0 Å². The Labute approximate surface area is 113 Å². The summed E-state index contributed by atoms with van der Waals surface area (Å²) in [6.45, 7) is 7.57. The Hall–Kier alpha value is -0.0800. The van der Waals surface area contributed by atoms with E-state index in [1.54, 1.807) is 6.42 Å². The van der Waals surface area contributed by atoms with E-state index >= 15 is 0 Å². The molecule has 0 amide bonds. The van der Waals surface area contributed by atoms with Crippen LogP contribution in [-0.2, 0) is 0 Å². The normalized spacial score (nSPS) is 39.7. The number of hydrogen-bond donors (Lipinski definition) is 1. The van der Waals surface area contributed by atoms with Gasteiger partial charge >= 0.3 is 0 Å². The van der Waals surface area contributed by atoms with E-state index in [0.717, 1.165) is 23.8 Å². The fourth-order valence-electron chi connectivity index (χ4n) is 4.75. The topological polar surface area (TPSA) is 15.3 Å². The molecule has 104 valence electrons. The first kappa shape index (κ1) is 12.9. The highest BCUT2D eigenvalue weighted by Crippen LogP contribution is 2.46. The summed E-state index contributed by atoms with van der Waals surface area (Å²) >= 11 is 0. The monoisotopic (exact) mass is 250 g/mol. The summed E-state index contributed by atoms with van der Waals surface area (Å²) in [5.74, 6) is 3.06. The molecule has 1 N–H and O–H groups in total. The minimum atomic E-state index is 0.921. The van der Waals surface area contributed by atoms with Crippen LogP contribution in [-0.4, -0.2) is 37.1 Å². The largest absolute Gasteiger partial charge is 0.316 e. The van der Waals surface area contributed by atoms with Gasteiger partial charge in [0.25, 0.3) is 0 Å². The molecule has 0 radical (unpaired) electrons. The molecule has 0 aromatic heterocycles. The molecule has 2 heteroatoms. The number of rotatable bonds is 5. The Morgan fingerprint density at radius 2 is 2.11 bits per heavy atom. The molecule has 3 aliphatic rings. The molecule has 4 unspecified atom stereocenters. The lowest BCUT2D eigenvalue weighted by molar-refractivity contribution is 0.113. The molecule has 3 fully saturated rings. The molecular formula is C16H30N2. The first-order chi connectivity index (χ1) is 8.86. The van der Waals surface area contributed by atoms with Gasteiger partial charge in [-0.05, 0) is 75.9 Å². The lowest BCUT2D eigenvalue weighted by atomic mass is 9.91. The average Bonchev–Trinajstić information content (AvgIpc) is 3.02. The fraction of sp³-hybridized carbons (Fsp3) is 1.00. The Kier molecular flexibility index (Phi) is 4.25. The maximum Gasteiger partial charge on any atom is 0.0126 e. The van der Waals surface area contributed by atoms with Crippen LogP contribution in [0.5, 0.6) is 0 Å². The van der Waals surface area contributed by atoms with E-state index in [2.05, 4.69) is 17.1 Å². The lowest BCUT2D eigenvalue weighted by Gasteiger charge is -2.38. The van der Waals surface area contributed by atoms with Crippen LogP contribution in [0.1, 0.15) is 51.9 Å². The zero-order valence-electron chi connectivity index (χ0n) is 12.0. The maximum atomic E-state index is 3.58. The van der Waals surface area contributed by atoms with Crippen molar-refractivity contribution in [3.8, 4) is 0 Å². The molecule has 2 saturated carbocycles. The molecule has 3 rings (SSSR count). The molecular weight excluding hydrogens is 220 g/mol. The Morgan fingerprint density at radius 1 is 1.17 bits per heavy atom. The van der Waals surface area contributed by atoms with Gasteiger partial charge in [0, 0.05) is 12.6 Å². The smallest absolute Gasteiger partial charge is 0.0126 e. The van der Waals surface area contributed by atoms with Gasteiger partial charge in [-0.3, -0.25) is 4.90 Å². The maximum absolute atomic E-state index is 3.58. The number of nitrogens with zero attached hydrogens (tertiary/aromatic N) is 1. The predicted molar refractivity (Wildman–Crippen MR) is 76.7 cm³/mol. The molecule has 1 saturated heterocycles. The highest BCUT2D eigenvalue weighted by Gasteiger charge is 2.42. The fourth-order valence-corrected chi connectivity index (χ4v) is 4.75. The van der Waals surface area contributed by atoms with Gasteiger partial charge in [-0.2, -0.15) is 0 Å². The summed E-state index contributed by atoms with van der Waals surface area (Å²) in [5.41, 5.74) is 0. The van der Waals surface area contributed by atoms with Crippen molar-refractivity contribution in [3.05, 3.63) is 0 Å². The molecule has 2 nitrogen and oxygen atoms in total. The average molecular weight is 250 g/mol. The van der Waals surface area contributed by atoms with E-state index in [1.807, 2.05) is 0 Å². The van der Waals surface area contributed by atoms with Gasteiger partial charge in [0.1, 0.15) is 0 Å². The van der Waals surface area contributed by atoms with E-state index in [0.29, 0.717) is 0 Å². The Bertz CT molecular complexity index is 260. The van der Waals surface area contributed by atoms with Crippen LogP contribution in [0.15, 0.2) is 0 Å². The number of piperidine rings is 1. The molecule has 2 bridgehead atoms. The third-order valence-electron chi connectivity index (χ3n) is 5.57. The van der Waals surface area contributed by atoms with Crippen molar-refractivity contribution in [1.82, 2.24) is 10.2 Å². The zero-order valence-corrected chi connectivity index (χ0v) is 12.0. The van der Waals surface area contributed by atoms with Crippen LogP contribution in [0.4, 0.5) is 0 Å². The van der Waals surface area contributed by atoms with Gasteiger partial charge < -0.3 is 5.32 Å². The van der Waals surface area contributed by atoms with Crippen LogP contribution in [0, 0.1) is 17.8 Å². The van der Waals surface area contributed by atoms with Crippen molar-refractivity contribution >= 4 is 0 Å². The number of fused-ring (bicyclic) bond motifs is 2. The summed E-state index contributed by atoms with van der Waals surface area (Å²) in [5, 5.41) is 3.58. The van der Waals surface area contributed by atoms with Crippen molar-refractivity contribution in [3.63, 3.8) is 0 Å². The van der Waals surface area contributed by atoms with Gasteiger partial charge in [-0.25, -0.2) is 0 Å². The highest BCUT2D eigenvalue weighted by atomic mass is 15.2. The summed E-state index contributed by atoms with van der Waals surface area (Å²) < 4.78 is 0. The molecule has 2 aliphatic carbocycles. The van der Waals surface area contributed by atoms with E-state index in [4.69, 9.17) is 0 Å². The lowest BCUT2D eigenvalue weighted by Crippen LogP contribution is -2.45. The molecule has 18 heavy (non-hydrogen) atoms. The quantitative estimate of drug-likeness (QED) is 0.807. The van der Waals surface area contributed by atoms with Crippen molar-refractivity contribution in [1.29, 1.82) is 0 Å².